The average molecular weight is 430 g/mol. The van der Waals surface area contributed by atoms with Crippen molar-refractivity contribution in [1.29, 1.82) is 0 Å². The molecule has 0 saturated heterocycles. The Bertz CT molecular complexity index is 951. The van der Waals surface area contributed by atoms with Crippen molar-refractivity contribution in [1.82, 2.24) is 0 Å². The molecule has 0 aromatic heterocycles. The van der Waals surface area contributed by atoms with Gasteiger partial charge >= 0.3 is 5.97 Å². The Morgan fingerprint density at radius 3 is 2.22 bits per heavy atom. The number of sulfonamides is 1. The maximum atomic E-state index is 13.4. The van der Waals surface area contributed by atoms with Crippen molar-refractivity contribution in [2.45, 2.75) is 38.5 Å². The van der Waals surface area contributed by atoms with E-state index in [1.165, 1.54) is 22.5 Å². The van der Waals surface area contributed by atoms with Crippen LogP contribution in [0.15, 0.2) is 35.2 Å². The number of carboxylic acid groups (broad SMARTS) is 1. The summed E-state index contributed by atoms with van der Waals surface area (Å²) in [7, 11) is -4.04. The van der Waals surface area contributed by atoms with E-state index in [0.717, 1.165) is 16.7 Å². The largest absolute Gasteiger partial charge is 0.481 e. The molecule has 0 aliphatic carbocycles. The van der Waals surface area contributed by atoms with Crippen LogP contribution in [0.25, 0.3) is 0 Å². The molecule has 2 rings (SSSR count). The average Bonchev–Trinajstić information content (AvgIpc) is 2.54. The van der Waals surface area contributed by atoms with E-state index < -0.39 is 16.0 Å². The van der Waals surface area contributed by atoms with Crippen molar-refractivity contribution in [2.24, 2.45) is 0 Å². The van der Waals surface area contributed by atoms with Gasteiger partial charge < -0.3 is 5.11 Å². The van der Waals surface area contributed by atoms with Gasteiger partial charge in [0.25, 0.3) is 10.0 Å². The predicted octanol–water partition coefficient (Wildman–Crippen LogP) is 4.98. The highest BCUT2D eigenvalue weighted by molar-refractivity contribution is 7.93. The van der Waals surface area contributed by atoms with Crippen LogP contribution in [0.1, 0.15) is 29.5 Å². The first-order chi connectivity index (χ1) is 12.5. The number of aryl methyl sites for hydroxylation is 3. The molecule has 2 aromatic rings. The molecule has 146 valence electrons. The second kappa shape index (κ2) is 8.50. The molecule has 5 nitrogen and oxygen atoms in total. The van der Waals surface area contributed by atoms with Crippen LogP contribution in [0.3, 0.4) is 0 Å². The zero-order valence-electron chi connectivity index (χ0n) is 15.3. The summed E-state index contributed by atoms with van der Waals surface area (Å²) in [6, 6.07) is 8.03. The molecular weight excluding hydrogens is 409 g/mol. The van der Waals surface area contributed by atoms with Gasteiger partial charge in [0.05, 0.1) is 10.7 Å². The standard InChI is InChI=1S/C19H21Cl2NO4S/c1-12-9-13(2)19(14(3)10-12)22(8-4-5-18(23)24)27(25,26)17-11-15(20)6-7-16(17)21/h6-7,9-11H,4-5,8H2,1-3H3,(H,23,24). The maximum absolute atomic E-state index is 13.4. The fourth-order valence-corrected chi connectivity index (χ4v) is 5.46. The molecule has 1 N–H and O–H groups in total. The Morgan fingerprint density at radius 2 is 1.67 bits per heavy atom. The maximum Gasteiger partial charge on any atom is 0.303 e. The third-order valence-electron chi connectivity index (χ3n) is 4.10. The number of anilines is 1. The number of carbonyl (C=O) groups is 1. The van der Waals surface area contributed by atoms with Crippen LogP contribution >= 0.6 is 23.2 Å². The first-order valence-corrected chi connectivity index (χ1v) is 10.5. The van der Waals surface area contributed by atoms with Gasteiger partial charge in [-0.2, -0.15) is 0 Å². The van der Waals surface area contributed by atoms with Crippen LogP contribution in [-0.4, -0.2) is 26.0 Å². The van der Waals surface area contributed by atoms with Gasteiger partial charge in [0.2, 0.25) is 0 Å². The molecule has 0 aliphatic rings. The third-order valence-corrected chi connectivity index (χ3v) is 6.61. The zero-order valence-corrected chi connectivity index (χ0v) is 17.6. The fraction of sp³-hybridized carbons (Fsp3) is 0.316. The molecule has 0 fully saturated rings. The van der Waals surface area contributed by atoms with Crippen molar-refractivity contribution < 1.29 is 18.3 Å². The lowest BCUT2D eigenvalue weighted by molar-refractivity contribution is -0.137. The molecule has 27 heavy (non-hydrogen) atoms. The second-order valence-electron chi connectivity index (χ2n) is 6.40. The molecule has 0 radical (unpaired) electrons. The molecule has 0 heterocycles. The smallest absolute Gasteiger partial charge is 0.303 e. The number of aliphatic carboxylic acids is 1. The summed E-state index contributed by atoms with van der Waals surface area (Å²) in [6.07, 6.45) is 0.0265. The van der Waals surface area contributed by atoms with E-state index in [0.29, 0.717) is 5.69 Å². The van der Waals surface area contributed by atoms with Crippen molar-refractivity contribution in [3.8, 4) is 0 Å². The number of rotatable bonds is 7. The summed E-state index contributed by atoms with van der Waals surface area (Å²) in [6.45, 7) is 5.60. The number of halogens is 2. The number of hydrogen-bond acceptors (Lipinski definition) is 3. The van der Waals surface area contributed by atoms with Crippen LogP contribution in [0, 0.1) is 20.8 Å². The van der Waals surface area contributed by atoms with Crippen LogP contribution < -0.4 is 4.31 Å². The molecule has 0 saturated carbocycles. The quantitative estimate of drug-likeness (QED) is 0.673. The Hall–Kier alpha value is -1.76. The lowest BCUT2D eigenvalue weighted by Gasteiger charge is -2.28. The highest BCUT2D eigenvalue weighted by Gasteiger charge is 2.29. The number of nitrogens with zero attached hydrogens (tertiary/aromatic N) is 1. The van der Waals surface area contributed by atoms with Crippen molar-refractivity contribution in [3.63, 3.8) is 0 Å². The Balaban J connectivity index is 2.62. The predicted molar refractivity (Wildman–Crippen MR) is 109 cm³/mol. The Labute approximate surface area is 169 Å². The second-order valence-corrected chi connectivity index (χ2v) is 9.07. The molecule has 0 amide bonds. The molecule has 0 atom stereocenters. The van der Waals surface area contributed by atoms with E-state index in [9.17, 15) is 13.2 Å². The first-order valence-electron chi connectivity index (χ1n) is 8.31. The molecule has 0 unspecified atom stereocenters. The van der Waals surface area contributed by atoms with Gasteiger partial charge in [-0.25, -0.2) is 8.42 Å². The summed E-state index contributed by atoms with van der Waals surface area (Å²) < 4.78 is 28.0. The van der Waals surface area contributed by atoms with Gasteiger partial charge in [0.15, 0.2) is 0 Å². The Morgan fingerprint density at radius 1 is 1.07 bits per heavy atom. The molecule has 2 aromatic carbocycles. The number of hydrogen-bond donors (Lipinski definition) is 1. The molecule has 8 heteroatoms. The van der Waals surface area contributed by atoms with E-state index in [-0.39, 0.29) is 34.3 Å². The van der Waals surface area contributed by atoms with Gasteiger partial charge in [0, 0.05) is 18.0 Å². The number of benzene rings is 2. The van der Waals surface area contributed by atoms with Crippen molar-refractivity contribution in [3.05, 3.63) is 57.1 Å². The minimum atomic E-state index is -4.04. The van der Waals surface area contributed by atoms with Crippen molar-refractivity contribution >= 4 is 44.9 Å². The van der Waals surface area contributed by atoms with E-state index in [2.05, 4.69) is 0 Å². The topological polar surface area (TPSA) is 74.7 Å². The lowest BCUT2D eigenvalue weighted by atomic mass is 10.0. The third kappa shape index (κ3) is 4.94. The van der Waals surface area contributed by atoms with Gasteiger partial charge in [-0.05, 0) is 56.5 Å². The van der Waals surface area contributed by atoms with Crippen LogP contribution in [-0.2, 0) is 14.8 Å². The van der Waals surface area contributed by atoms with Gasteiger partial charge in [0.1, 0.15) is 4.90 Å². The Kier molecular flexibility index (Phi) is 6.78. The van der Waals surface area contributed by atoms with Crippen molar-refractivity contribution in [2.75, 3.05) is 10.8 Å². The van der Waals surface area contributed by atoms with Crippen LogP contribution in [0.5, 0.6) is 0 Å². The van der Waals surface area contributed by atoms with Gasteiger partial charge in [-0.3, -0.25) is 9.10 Å². The molecular formula is C19H21Cl2NO4S. The normalized spacial score (nSPS) is 11.4. The number of carboxylic acids is 1. The minimum absolute atomic E-state index is 0.0161. The molecule has 0 spiro atoms. The summed E-state index contributed by atoms with van der Waals surface area (Å²) in [5.74, 6) is -0.981. The summed E-state index contributed by atoms with van der Waals surface area (Å²) >= 11 is 12.1. The van der Waals surface area contributed by atoms with Crippen LogP contribution in [0.2, 0.25) is 10.0 Å². The van der Waals surface area contributed by atoms with Crippen LogP contribution in [0.4, 0.5) is 5.69 Å². The first kappa shape index (κ1) is 21.5. The summed E-state index contributed by atoms with van der Waals surface area (Å²) in [5, 5.41) is 9.25. The summed E-state index contributed by atoms with van der Waals surface area (Å²) in [4.78, 5) is 10.8. The monoisotopic (exact) mass is 429 g/mol. The van der Waals surface area contributed by atoms with E-state index in [1.807, 2.05) is 32.9 Å². The van der Waals surface area contributed by atoms with Gasteiger partial charge in [-0.1, -0.05) is 40.9 Å². The fourth-order valence-electron chi connectivity index (χ4n) is 3.09. The SMILES string of the molecule is Cc1cc(C)c(N(CCCC(=O)O)S(=O)(=O)c2cc(Cl)ccc2Cl)c(C)c1. The van der Waals surface area contributed by atoms with E-state index in [4.69, 9.17) is 28.3 Å². The lowest BCUT2D eigenvalue weighted by Crippen LogP contribution is -2.33. The molecule has 0 bridgehead atoms. The van der Waals surface area contributed by atoms with E-state index in [1.54, 1.807) is 0 Å². The molecule has 0 aliphatic heterocycles. The minimum Gasteiger partial charge on any atom is -0.481 e. The zero-order chi connectivity index (χ0) is 20.4. The highest BCUT2D eigenvalue weighted by atomic mass is 35.5. The van der Waals surface area contributed by atoms with Gasteiger partial charge in [-0.15, -0.1) is 0 Å². The van der Waals surface area contributed by atoms with E-state index >= 15 is 0 Å². The summed E-state index contributed by atoms with van der Waals surface area (Å²) in [5.41, 5.74) is 3.11. The highest BCUT2D eigenvalue weighted by Crippen LogP contribution is 2.34.